The van der Waals surface area contributed by atoms with Crippen LogP contribution in [0.25, 0.3) is 0 Å². The van der Waals surface area contributed by atoms with Gasteiger partial charge in [0, 0.05) is 11.1 Å². The first-order valence-corrected chi connectivity index (χ1v) is 7.76. The third kappa shape index (κ3) is 2.97. The fourth-order valence-electron chi connectivity index (χ4n) is 1.49. The quantitative estimate of drug-likeness (QED) is 0.908. The van der Waals surface area contributed by atoms with Crippen molar-refractivity contribution in [2.45, 2.75) is 11.8 Å². The maximum absolute atomic E-state index is 13.1. The minimum absolute atomic E-state index is 0.0688. The number of carboxylic acid groups (broad SMARTS) is 1. The number of hydrogen-bond acceptors (Lipinski definition) is 4. The first-order chi connectivity index (χ1) is 9.29. The molecular formula is C12H10FNO4S2. The maximum Gasteiger partial charge on any atom is 0.345 e. The number of hydrogen-bond donors (Lipinski definition) is 2. The van der Waals surface area contributed by atoms with Crippen LogP contribution in [0.2, 0.25) is 0 Å². The molecule has 0 fully saturated rings. The van der Waals surface area contributed by atoms with E-state index in [1.54, 1.807) is 0 Å². The zero-order valence-electron chi connectivity index (χ0n) is 10.3. The van der Waals surface area contributed by atoms with Crippen LogP contribution < -0.4 is 4.72 Å². The van der Waals surface area contributed by atoms with Gasteiger partial charge in [0.1, 0.15) is 10.7 Å². The van der Waals surface area contributed by atoms with E-state index in [1.807, 2.05) is 0 Å². The molecule has 1 aromatic carbocycles. The summed E-state index contributed by atoms with van der Waals surface area (Å²) in [7, 11) is -3.88. The lowest BCUT2D eigenvalue weighted by Gasteiger charge is -2.07. The summed E-state index contributed by atoms with van der Waals surface area (Å²) in [6.45, 7) is 1.51. The average Bonchev–Trinajstić information content (AvgIpc) is 2.84. The summed E-state index contributed by atoms with van der Waals surface area (Å²) in [4.78, 5) is 10.5. The SMILES string of the molecule is Cc1cc(NS(=O)(=O)c2csc(C(=O)O)c2)ccc1F. The summed E-state index contributed by atoms with van der Waals surface area (Å²) in [5.74, 6) is -1.62. The van der Waals surface area contributed by atoms with Crippen LogP contribution in [0.1, 0.15) is 15.2 Å². The summed E-state index contributed by atoms with van der Waals surface area (Å²) < 4.78 is 39.5. The number of benzene rings is 1. The highest BCUT2D eigenvalue weighted by molar-refractivity contribution is 7.92. The van der Waals surface area contributed by atoms with Crippen LogP contribution in [-0.4, -0.2) is 19.5 Å². The molecule has 2 aromatic rings. The monoisotopic (exact) mass is 315 g/mol. The van der Waals surface area contributed by atoms with Gasteiger partial charge in [-0.3, -0.25) is 4.72 Å². The molecule has 2 N–H and O–H groups in total. The van der Waals surface area contributed by atoms with E-state index in [0.29, 0.717) is 5.56 Å². The fourth-order valence-corrected chi connectivity index (χ4v) is 3.65. The number of carboxylic acids is 1. The van der Waals surface area contributed by atoms with Gasteiger partial charge in [0.25, 0.3) is 10.0 Å². The lowest BCUT2D eigenvalue weighted by atomic mass is 10.2. The van der Waals surface area contributed by atoms with Gasteiger partial charge in [-0.25, -0.2) is 17.6 Å². The number of halogens is 1. The Morgan fingerprint density at radius 2 is 2.05 bits per heavy atom. The van der Waals surface area contributed by atoms with E-state index in [9.17, 15) is 17.6 Å². The topological polar surface area (TPSA) is 83.5 Å². The number of aromatic carboxylic acids is 1. The average molecular weight is 315 g/mol. The molecule has 0 spiro atoms. The molecule has 0 amide bonds. The Hall–Kier alpha value is -1.93. The van der Waals surface area contributed by atoms with Gasteiger partial charge in [-0.1, -0.05) is 0 Å². The third-order valence-corrected chi connectivity index (χ3v) is 4.93. The van der Waals surface area contributed by atoms with E-state index < -0.39 is 21.8 Å². The Balaban J connectivity index is 2.30. The van der Waals surface area contributed by atoms with Crippen molar-refractivity contribution in [1.29, 1.82) is 0 Å². The molecule has 0 aliphatic carbocycles. The summed E-state index contributed by atoms with van der Waals surface area (Å²) in [5, 5.41) is 10.0. The Kier molecular flexibility index (Phi) is 3.78. The number of sulfonamides is 1. The Labute approximate surface area is 118 Å². The minimum atomic E-state index is -3.88. The van der Waals surface area contributed by atoms with Gasteiger partial charge in [-0.2, -0.15) is 0 Å². The molecule has 0 aliphatic rings. The molecule has 2 rings (SSSR count). The predicted molar refractivity (Wildman–Crippen MR) is 73.2 cm³/mol. The van der Waals surface area contributed by atoms with Crippen molar-refractivity contribution in [3.05, 3.63) is 45.9 Å². The molecule has 0 bridgehead atoms. The normalized spacial score (nSPS) is 11.3. The van der Waals surface area contributed by atoms with Crippen molar-refractivity contribution in [2.24, 2.45) is 0 Å². The molecule has 20 heavy (non-hydrogen) atoms. The molecule has 8 heteroatoms. The zero-order valence-corrected chi connectivity index (χ0v) is 11.9. The highest BCUT2D eigenvalue weighted by Gasteiger charge is 2.18. The molecule has 0 aliphatic heterocycles. The predicted octanol–water partition coefficient (Wildman–Crippen LogP) is 2.69. The van der Waals surface area contributed by atoms with Crippen LogP contribution in [0.15, 0.2) is 34.5 Å². The molecule has 0 saturated carbocycles. The van der Waals surface area contributed by atoms with E-state index in [0.717, 1.165) is 23.5 Å². The first kappa shape index (κ1) is 14.5. The summed E-state index contributed by atoms with van der Waals surface area (Å²) in [6.07, 6.45) is 0. The Morgan fingerprint density at radius 3 is 2.60 bits per heavy atom. The fraction of sp³-hybridized carbons (Fsp3) is 0.0833. The van der Waals surface area contributed by atoms with E-state index >= 15 is 0 Å². The zero-order chi connectivity index (χ0) is 14.9. The number of nitrogens with one attached hydrogen (secondary N) is 1. The smallest absolute Gasteiger partial charge is 0.345 e. The molecule has 1 heterocycles. The maximum atomic E-state index is 13.1. The molecule has 0 radical (unpaired) electrons. The van der Waals surface area contributed by atoms with Gasteiger partial charge < -0.3 is 5.11 Å². The second-order valence-corrected chi connectivity index (χ2v) is 6.61. The van der Waals surface area contributed by atoms with Crippen molar-refractivity contribution in [1.82, 2.24) is 0 Å². The second kappa shape index (κ2) is 5.22. The molecule has 106 valence electrons. The summed E-state index contributed by atoms with van der Waals surface area (Å²) in [5.41, 5.74) is 0.522. The van der Waals surface area contributed by atoms with Gasteiger partial charge in [0.15, 0.2) is 0 Å². The number of aryl methyl sites for hydroxylation is 1. The molecule has 0 saturated heterocycles. The van der Waals surface area contributed by atoms with Crippen LogP contribution in [0.3, 0.4) is 0 Å². The van der Waals surface area contributed by atoms with E-state index in [1.165, 1.54) is 24.4 Å². The molecule has 1 aromatic heterocycles. The van der Waals surface area contributed by atoms with E-state index in [4.69, 9.17) is 5.11 Å². The van der Waals surface area contributed by atoms with Crippen LogP contribution >= 0.6 is 11.3 Å². The van der Waals surface area contributed by atoms with Crippen molar-refractivity contribution in [2.75, 3.05) is 4.72 Å². The summed E-state index contributed by atoms with van der Waals surface area (Å²) >= 11 is 0.822. The number of thiophene rings is 1. The van der Waals surface area contributed by atoms with Crippen molar-refractivity contribution >= 4 is 33.0 Å². The van der Waals surface area contributed by atoms with Gasteiger partial charge in [-0.05, 0) is 36.8 Å². The highest BCUT2D eigenvalue weighted by atomic mass is 32.2. The van der Waals surface area contributed by atoms with Crippen molar-refractivity contribution < 1.29 is 22.7 Å². The lowest BCUT2D eigenvalue weighted by molar-refractivity contribution is 0.0702. The lowest BCUT2D eigenvalue weighted by Crippen LogP contribution is -2.12. The summed E-state index contributed by atoms with van der Waals surface area (Å²) in [6, 6.07) is 4.89. The van der Waals surface area contributed by atoms with E-state index in [-0.39, 0.29) is 15.5 Å². The largest absolute Gasteiger partial charge is 0.477 e. The first-order valence-electron chi connectivity index (χ1n) is 5.40. The van der Waals surface area contributed by atoms with E-state index in [2.05, 4.69) is 4.72 Å². The van der Waals surface area contributed by atoms with Crippen LogP contribution in [0.4, 0.5) is 10.1 Å². The number of anilines is 1. The van der Waals surface area contributed by atoms with Gasteiger partial charge in [-0.15, -0.1) is 11.3 Å². The van der Waals surface area contributed by atoms with Crippen molar-refractivity contribution in [3.8, 4) is 0 Å². The highest BCUT2D eigenvalue weighted by Crippen LogP contribution is 2.23. The standard InChI is InChI=1S/C12H10FNO4S2/c1-7-4-8(2-3-10(7)13)14-20(17,18)9-5-11(12(15)16)19-6-9/h2-6,14H,1H3,(H,15,16). The number of carbonyl (C=O) groups is 1. The second-order valence-electron chi connectivity index (χ2n) is 4.02. The Bertz CT molecular complexity index is 768. The molecule has 0 atom stereocenters. The van der Waals surface area contributed by atoms with Crippen LogP contribution in [0.5, 0.6) is 0 Å². The van der Waals surface area contributed by atoms with Gasteiger partial charge in [0.05, 0.1) is 4.90 Å². The Morgan fingerprint density at radius 1 is 1.35 bits per heavy atom. The van der Waals surface area contributed by atoms with Crippen LogP contribution in [0, 0.1) is 12.7 Å². The molecule has 0 unspecified atom stereocenters. The minimum Gasteiger partial charge on any atom is -0.477 e. The van der Waals surface area contributed by atoms with Crippen LogP contribution in [-0.2, 0) is 10.0 Å². The van der Waals surface area contributed by atoms with Crippen molar-refractivity contribution in [3.63, 3.8) is 0 Å². The third-order valence-electron chi connectivity index (χ3n) is 2.51. The number of rotatable bonds is 4. The van der Waals surface area contributed by atoms with Gasteiger partial charge in [0.2, 0.25) is 0 Å². The molecule has 5 nitrogen and oxygen atoms in total. The van der Waals surface area contributed by atoms with Gasteiger partial charge >= 0.3 is 5.97 Å². The molecular weight excluding hydrogens is 305 g/mol.